The predicted molar refractivity (Wildman–Crippen MR) is 57.4 cm³/mol. The molecule has 0 rings (SSSR count). The van der Waals surface area contributed by atoms with Gasteiger partial charge in [-0.2, -0.15) is 0 Å². The molecule has 0 aromatic carbocycles. The van der Waals surface area contributed by atoms with E-state index in [2.05, 4.69) is 10.2 Å². The zero-order chi connectivity index (χ0) is 11.2. The van der Waals surface area contributed by atoms with Gasteiger partial charge in [0.25, 0.3) is 0 Å². The van der Waals surface area contributed by atoms with Gasteiger partial charge in [0.05, 0.1) is 6.61 Å². The topological polar surface area (TPSA) is 41.6 Å². The van der Waals surface area contributed by atoms with E-state index < -0.39 is 0 Å². The van der Waals surface area contributed by atoms with E-state index in [1.807, 2.05) is 34.9 Å². The Balaban J connectivity index is 3.46. The van der Waals surface area contributed by atoms with Gasteiger partial charge in [0.15, 0.2) is 0 Å². The minimum absolute atomic E-state index is 0.224. The Kier molecular flexibility index (Phi) is 5.53. The molecule has 0 aliphatic rings. The molecular weight excluding hydrogens is 180 g/mol. The van der Waals surface area contributed by atoms with E-state index in [9.17, 15) is 4.79 Å². The minimum atomic E-state index is -0.337. The van der Waals surface area contributed by atoms with E-state index >= 15 is 0 Å². The molecule has 0 unspecified atom stereocenters. The zero-order valence-corrected chi connectivity index (χ0v) is 9.89. The van der Waals surface area contributed by atoms with Crippen molar-refractivity contribution in [1.82, 2.24) is 10.2 Å². The third-order valence-corrected chi connectivity index (χ3v) is 1.46. The molecule has 0 saturated heterocycles. The molecule has 1 amide bonds. The minimum Gasteiger partial charge on any atom is -0.450 e. The molecule has 0 atom stereocenters. The SMILES string of the molecule is CN(C)CCCOC(=O)NC(C)(C)C. The fourth-order valence-corrected chi connectivity index (χ4v) is 0.888. The van der Waals surface area contributed by atoms with Gasteiger partial charge < -0.3 is 15.0 Å². The van der Waals surface area contributed by atoms with Crippen molar-refractivity contribution in [2.45, 2.75) is 32.7 Å². The largest absolute Gasteiger partial charge is 0.450 e. The molecule has 0 radical (unpaired) electrons. The van der Waals surface area contributed by atoms with Gasteiger partial charge in [-0.3, -0.25) is 0 Å². The molecule has 0 aromatic heterocycles. The standard InChI is InChI=1S/C10H22N2O2/c1-10(2,3)11-9(13)14-8-6-7-12(4)5/h6-8H2,1-5H3,(H,11,13). The second-order valence-electron chi connectivity index (χ2n) is 4.67. The molecule has 0 saturated carbocycles. The second-order valence-corrected chi connectivity index (χ2v) is 4.67. The first-order chi connectivity index (χ1) is 6.31. The zero-order valence-electron chi connectivity index (χ0n) is 9.89. The van der Waals surface area contributed by atoms with Gasteiger partial charge in [-0.15, -0.1) is 0 Å². The van der Waals surface area contributed by atoms with Gasteiger partial charge in [-0.05, 0) is 41.3 Å². The number of rotatable bonds is 4. The molecule has 84 valence electrons. The summed E-state index contributed by atoms with van der Waals surface area (Å²) < 4.78 is 4.99. The maximum atomic E-state index is 11.2. The Hall–Kier alpha value is -0.770. The summed E-state index contributed by atoms with van der Waals surface area (Å²) in [5.74, 6) is 0. The van der Waals surface area contributed by atoms with Crippen LogP contribution in [0.15, 0.2) is 0 Å². The van der Waals surface area contributed by atoms with Crippen molar-refractivity contribution in [1.29, 1.82) is 0 Å². The summed E-state index contributed by atoms with van der Waals surface area (Å²) in [6.07, 6.45) is 0.529. The molecule has 4 heteroatoms. The van der Waals surface area contributed by atoms with Crippen LogP contribution in [0.1, 0.15) is 27.2 Å². The van der Waals surface area contributed by atoms with Crippen LogP contribution >= 0.6 is 0 Å². The average molecular weight is 202 g/mol. The van der Waals surface area contributed by atoms with Crippen molar-refractivity contribution < 1.29 is 9.53 Å². The van der Waals surface area contributed by atoms with Gasteiger partial charge in [0, 0.05) is 12.1 Å². The maximum absolute atomic E-state index is 11.2. The lowest BCUT2D eigenvalue weighted by Gasteiger charge is -2.20. The number of carbonyl (C=O) groups excluding carboxylic acids is 1. The Morgan fingerprint density at radius 1 is 1.36 bits per heavy atom. The molecule has 0 aliphatic heterocycles. The summed E-state index contributed by atoms with van der Waals surface area (Å²) in [7, 11) is 3.99. The number of alkyl carbamates (subject to hydrolysis) is 1. The normalized spacial score (nSPS) is 11.6. The third kappa shape index (κ3) is 9.32. The lowest BCUT2D eigenvalue weighted by molar-refractivity contribution is 0.133. The van der Waals surface area contributed by atoms with Crippen LogP contribution in [0, 0.1) is 0 Å². The summed E-state index contributed by atoms with van der Waals surface area (Å²) >= 11 is 0. The summed E-state index contributed by atoms with van der Waals surface area (Å²) in [5.41, 5.74) is -0.224. The molecule has 14 heavy (non-hydrogen) atoms. The highest BCUT2D eigenvalue weighted by Gasteiger charge is 2.13. The van der Waals surface area contributed by atoms with E-state index in [0.29, 0.717) is 6.61 Å². The van der Waals surface area contributed by atoms with E-state index in [1.54, 1.807) is 0 Å². The average Bonchev–Trinajstić information content (AvgIpc) is 1.94. The first-order valence-corrected chi connectivity index (χ1v) is 4.91. The van der Waals surface area contributed by atoms with Crippen LogP contribution in [0.2, 0.25) is 0 Å². The number of nitrogens with one attached hydrogen (secondary N) is 1. The van der Waals surface area contributed by atoms with Crippen molar-refractivity contribution in [3.05, 3.63) is 0 Å². The Labute approximate surface area is 86.6 Å². The van der Waals surface area contributed by atoms with Crippen LogP contribution in [-0.2, 0) is 4.74 Å². The number of amides is 1. The van der Waals surface area contributed by atoms with E-state index in [0.717, 1.165) is 13.0 Å². The van der Waals surface area contributed by atoms with Crippen molar-refractivity contribution in [3.8, 4) is 0 Å². The summed E-state index contributed by atoms with van der Waals surface area (Å²) in [5, 5.41) is 2.73. The molecular formula is C10H22N2O2. The fourth-order valence-electron chi connectivity index (χ4n) is 0.888. The molecule has 0 aromatic rings. The van der Waals surface area contributed by atoms with Crippen LogP contribution in [0.3, 0.4) is 0 Å². The van der Waals surface area contributed by atoms with Crippen LogP contribution in [-0.4, -0.2) is 43.8 Å². The van der Waals surface area contributed by atoms with Gasteiger partial charge in [0.1, 0.15) is 0 Å². The van der Waals surface area contributed by atoms with Gasteiger partial charge in [0.2, 0.25) is 0 Å². The predicted octanol–water partition coefficient (Wildman–Crippen LogP) is 1.46. The highest BCUT2D eigenvalue weighted by atomic mass is 16.5. The van der Waals surface area contributed by atoms with E-state index in [-0.39, 0.29) is 11.6 Å². The summed E-state index contributed by atoms with van der Waals surface area (Å²) in [4.78, 5) is 13.2. The summed E-state index contributed by atoms with van der Waals surface area (Å²) in [6.45, 7) is 7.18. The Morgan fingerprint density at radius 3 is 2.36 bits per heavy atom. The molecule has 0 spiro atoms. The maximum Gasteiger partial charge on any atom is 0.407 e. The molecule has 0 heterocycles. The molecule has 0 bridgehead atoms. The number of hydrogen-bond acceptors (Lipinski definition) is 3. The van der Waals surface area contributed by atoms with E-state index in [1.165, 1.54) is 0 Å². The van der Waals surface area contributed by atoms with Gasteiger partial charge in [-0.25, -0.2) is 4.79 Å². The number of hydrogen-bond donors (Lipinski definition) is 1. The quantitative estimate of drug-likeness (QED) is 0.702. The lowest BCUT2D eigenvalue weighted by atomic mass is 10.1. The first-order valence-electron chi connectivity index (χ1n) is 4.91. The molecule has 0 fully saturated rings. The third-order valence-electron chi connectivity index (χ3n) is 1.46. The monoisotopic (exact) mass is 202 g/mol. The second kappa shape index (κ2) is 5.86. The first kappa shape index (κ1) is 13.2. The molecule has 4 nitrogen and oxygen atoms in total. The molecule has 1 N–H and O–H groups in total. The highest BCUT2D eigenvalue weighted by molar-refractivity contribution is 5.67. The van der Waals surface area contributed by atoms with Crippen LogP contribution in [0.5, 0.6) is 0 Å². The van der Waals surface area contributed by atoms with Gasteiger partial charge >= 0.3 is 6.09 Å². The summed E-state index contributed by atoms with van der Waals surface area (Å²) in [6, 6.07) is 0. The van der Waals surface area contributed by atoms with Crippen LogP contribution in [0.25, 0.3) is 0 Å². The van der Waals surface area contributed by atoms with Crippen molar-refractivity contribution >= 4 is 6.09 Å². The Bertz CT molecular complexity index is 173. The highest BCUT2D eigenvalue weighted by Crippen LogP contribution is 1.99. The lowest BCUT2D eigenvalue weighted by Crippen LogP contribution is -2.41. The van der Waals surface area contributed by atoms with Crippen molar-refractivity contribution in [2.75, 3.05) is 27.2 Å². The number of nitrogens with zero attached hydrogens (tertiary/aromatic N) is 1. The fraction of sp³-hybridized carbons (Fsp3) is 0.900. The van der Waals surface area contributed by atoms with Gasteiger partial charge in [-0.1, -0.05) is 0 Å². The van der Waals surface area contributed by atoms with Crippen LogP contribution in [0.4, 0.5) is 4.79 Å². The smallest absolute Gasteiger partial charge is 0.407 e. The Morgan fingerprint density at radius 2 is 1.93 bits per heavy atom. The number of ether oxygens (including phenoxy) is 1. The van der Waals surface area contributed by atoms with E-state index in [4.69, 9.17) is 4.74 Å². The van der Waals surface area contributed by atoms with Crippen molar-refractivity contribution in [2.24, 2.45) is 0 Å². The number of carbonyl (C=O) groups is 1. The van der Waals surface area contributed by atoms with Crippen LogP contribution < -0.4 is 5.32 Å². The molecule has 0 aliphatic carbocycles. The van der Waals surface area contributed by atoms with Crippen molar-refractivity contribution in [3.63, 3.8) is 0 Å².